The number of hydrogen-bond acceptors (Lipinski definition) is 4. The average molecular weight is 529 g/mol. The maximum atomic E-state index is 13.0. The monoisotopic (exact) mass is 528 g/mol. The number of benzene rings is 3. The minimum Gasteiger partial charge on any atom is -0.337 e. The molecule has 1 heterocycles. The van der Waals surface area contributed by atoms with Crippen molar-refractivity contribution < 1.29 is 13.2 Å². The zero-order chi connectivity index (χ0) is 22.9. The number of carbonyl (C=O) groups is 1. The summed E-state index contributed by atoms with van der Waals surface area (Å²) >= 11 is 4.73. The van der Waals surface area contributed by atoms with E-state index in [1.54, 1.807) is 48.3 Å². The van der Waals surface area contributed by atoms with Crippen molar-refractivity contribution in [3.8, 4) is 0 Å². The molecule has 0 aliphatic rings. The number of fused-ring (bicyclic) bond motifs is 1. The molecule has 1 amide bonds. The highest BCUT2D eigenvalue weighted by atomic mass is 79.9. The molecule has 0 aliphatic carbocycles. The van der Waals surface area contributed by atoms with Crippen molar-refractivity contribution in [2.75, 3.05) is 18.4 Å². The Morgan fingerprint density at radius 2 is 1.62 bits per heavy atom. The molecule has 0 fully saturated rings. The molecule has 0 aliphatic heterocycles. The molecule has 3 aromatic carbocycles. The molecule has 0 bridgehead atoms. The molecule has 4 aromatic rings. The van der Waals surface area contributed by atoms with E-state index in [4.69, 9.17) is 0 Å². The van der Waals surface area contributed by atoms with Crippen LogP contribution in [0.2, 0.25) is 0 Å². The van der Waals surface area contributed by atoms with Crippen LogP contribution in [0.3, 0.4) is 0 Å². The number of anilines is 1. The second-order valence-electron chi connectivity index (χ2n) is 7.41. The zero-order valence-corrected chi connectivity index (χ0v) is 20.7. The van der Waals surface area contributed by atoms with Crippen LogP contribution < -0.4 is 4.31 Å². The van der Waals surface area contributed by atoms with Crippen LogP contribution in [0.1, 0.15) is 15.2 Å². The van der Waals surface area contributed by atoms with Crippen LogP contribution in [-0.4, -0.2) is 33.3 Å². The number of thiophene rings is 1. The maximum Gasteiger partial charge on any atom is 0.264 e. The number of hydrogen-bond donors (Lipinski definition) is 0. The smallest absolute Gasteiger partial charge is 0.264 e. The van der Waals surface area contributed by atoms with Gasteiger partial charge in [0.1, 0.15) is 0 Å². The van der Waals surface area contributed by atoms with Gasteiger partial charge in [0.2, 0.25) is 0 Å². The van der Waals surface area contributed by atoms with E-state index in [0.717, 1.165) is 20.1 Å². The number of nitrogens with zero attached hydrogens (tertiary/aromatic N) is 2. The first kappa shape index (κ1) is 22.5. The molecular weight excluding hydrogens is 508 g/mol. The number of sulfonamides is 1. The standard InChI is InChI=1S/C24H21BrN2O3S2/c1-26(16-17-6-4-3-5-7-17)24(28)23-15-18-14-20(10-13-22(18)31-23)27(2)32(29,30)21-11-8-19(25)9-12-21/h3-15H,16H2,1-2H3. The van der Waals surface area contributed by atoms with Gasteiger partial charge in [0.25, 0.3) is 15.9 Å². The second kappa shape index (κ2) is 9.05. The van der Waals surface area contributed by atoms with E-state index in [1.807, 2.05) is 42.5 Å². The van der Waals surface area contributed by atoms with Crippen molar-refractivity contribution in [3.63, 3.8) is 0 Å². The summed E-state index contributed by atoms with van der Waals surface area (Å²) in [6.45, 7) is 0.521. The molecule has 0 saturated carbocycles. The first-order valence-electron chi connectivity index (χ1n) is 9.83. The third-order valence-corrected chi connectivity index (χ3v) is 8.59. The fraction of sp³-hybridized carbons (Fsp3) is 0.125. The third kappa shape index (κ3) is 4.57. The molecule has 0 spiro atoms. The van der Waals surface area contributed by atoms with E-state index < -0.39 is 10.0 Å². The SMILES string of the molecule is CN(Cc1ccccc1)C(=O)c1cc2cc(N(C)S(=O)(=O)c3ccc(Br)cc3)ccc2s1. The summed E-state index contributed by atoms with van der Waals surface area (Å²) in [7, 11) is -0.380. The fourth-order valence-corrected chi connectivity index (χ4v) is 5.84. The Bertz CT molecular complexity index is 1370. The molecule has 0 N–H and O–H groups in total. The van der Waals surface area contributed by atoms with Gasteiger partial charge in [0, 0.05) is 29.8 Å². The first-order chi connectivity index (χ1) is 15.3. The summed E-state index contributed by atoms with van der Waals surface area (Å²) in [5, 5.41) is 0.835. The van der Waals surface area contributed by atoms with E-state index in [0.29, 0.717) is 17.1 Å². The molecule has 8 heteroatoms. The Hall–Kier alpha value is -2.68. The molecule has 164 valence electrons. The quantitative estimate of drug-likeness (QED) is 0.319. The number of amides is 1. The van der Waals surface area contributed by atoms with Crippen molar-refractivity contribution >= 4 is 59.0 Å². The van der Waals surface area contributed by atoms with Gasteiger partial charge < -0.3 is 4.90 Å². The molecular formula is C24H21BrN2O3S2. The minimum absolute atomic E-state index is 0.0626. The molecule has 0 atom stereocenters. The summed E-state index contributed by atoms with van der Waals surface area (Å²) in [5.74, 6) is -0.0626. The average Bonchev–Trinajstić information content (AvgIpc) is 3.22. The summed E-state index contributed by atoms with van der Waals surface area (Å²) in [6.07, 6.45) is 0. The lowest BCUT2D eigenvalue weighted by atomic mass is 10.2. The van der Waals surface area contributed by atoms with Crippen LogP contribution in [-0.2, 0) is 16.6 Å². The van der Waals surface area contributed by atoms with Gasteiger partial charge in [-0.15, -0.1) is 11.3 Å². The first-order valence-corrected chi connectivity index (χ1v) is 12.9. The van der Waals surface area contributed by atoms with Gasteiger partial charge in [0.05, 0.1) is 15.5 Å². The van der Waals surface area contributed by atoms with Gasteiger partial charge in [-0.05, 0) is 59.5 Å². The lowest BCUT2D eigenvalue weighted by Gasteiger charge is -2.19. The lowest BCUT2D eigenvalue weighted by molar-refractivity contribution is 0.0790. The largest absolute Gasteiger partial charge is 0.337 e. The van der Waals surface area contributed by atoms with Crippen LogP contribution in [0.4, 0.5) is 5.69 Å². The number of carbonyl (C=O) groups excluding carboxylic acids is 1. The van der Waals surface area contributed by atoms with Crippen molar-refractivity contribution in [3.05, 3.63) is 93.8 Å². The lowest BCUT2D eigenvalue weighted by Crippen LogP contribution is -2.26. The van der Waals surface area contributed by atoms with Crippen LogP contribution >= 0.6 is 27.3 Å². The summed E-state index contributed by atoms with van der Waals surface area (Å²) < 4.78 is 29.0. The van der Waals surface area contributed by atoms with E-state index in [2.05, 4.69) is 15.9 Å². The van der Waals surface area contributed by atoms with Gasteiger partial charge in [-0.3, -0.25) is 9.10 Å². The van der Waals surface area contributed by atoms with Gasteiger partial charge in [0.15, 0.2) is 0 Å². The van der Waals surface area contributed by atoms with Crippen LogP contribution in [0.25, 0.3) is 10.1 Å². The topological polar surface area (TPSA) is 57.7 Å². The highest BCUT2D eigenvalue weighted by Crippen LogP contribution is 2.32. The van der Waals surface area contributed by atoms with E-state index in [-0.39, 0.29) is 10.8 Å². The third-order valence-electron chi connectivity index (χ3n) is 5.16. The van der Waals surface area contributed by atoms with Gasteiger partial charge in [-0.25, -0.2) is 8.42 Å². The normalized spacial score (nSPS) is 11.5. The van der Waals surface area contributed by atoms with Gasteiger partial charge >= 0.3 is 0 Å². The predicted molar refractivity (Wildman–Crippen MR) is 134 cm³/mol. The zero-order valence-electron chi connectivity index (χ0n) is 17.5. The van der Waals surface area contributed by atoms with Crippen molar-refractivity contribution in [2.24, 2.45) is 0 Å². The highest BCUT2D eigenvalue weighted by Gasteiger charge is 2.22. The highest BCUT2D eigenvalue weighted by molar-refractivity contribution is 9.10. The Labute approximate surface area is 200 Å². The van der Waals surface area contributed by atoms with E-state index >= 15 is 0 Å². The van der Waals surface area contributed by atoms with Crippen LogP contribution in [0.15, 0.2) is 88.2 Å². The van der Waals surface area contributed by atoms with Gasteiger partial charge in [-0.2, -0.15) is 0 Å². The summed E-state index contributed by atoms with van der Waals surface area (Å²) in [4.78, 5) is 15.5. The second-order valence-corrected chi connectivity index (χ2v) is 11.4. The summed E-state index contributed by atoms with van der Waals surface area (Å²) in [6, 6.07) is 23.6. The maximum absolute atomic E-state index is 13.0. The molecule has 0 unspecified atom stereocenters. The van der Waals surface area contributed by atoms with E-state index in [1.165, 1.54) is 22.7 Å². The minimum atomic E-state index is -3.69. The molecule has 0 radical (unpaired) electrons. The van der Waals surface area contributed by atoms with E-state index in [9.17, 15) is 13.2 Å². The molecule has 0 saturated heterocycles. The molecule has 32 heavy (non-hydrogen) atoms. The number of halogens is 1. The van der Waals surface area contributed by atoms with Gasteiger partial charge in [-0.1, -0.05) is 46.3 Å². The summed E-state index contributed by atoms with van der Waals surface area (Å²) in [5.41, 5.74) is 1.60. The molecule has 1 aromatic heterocycles. The Kier molecular flexibility index (Phi) is 6.37. The van der Waals surface area contributed by atoms with Crippen LogP contribution in [0, 0.1) is 0 Å². The van der Waals surface area contributed by atoms with Crippen molar-refractivity contribution in [2.45, 2.75) is 11.4 Å². The molecule has 5 nitrogen and oxygen atoms in total. The predicted octanol–water partition coefficient (Wildman–Crippen LogP) is 5.76. The Morgan fingerprint density at radius 1 is 0.938 bits per heavy atom. The Morgan fingerprint density at radius 3 is 2.31 bits per heavy atom. The fourth-order valence-electron chi connectivity index (χ4n) is 3.35. The van der Waals surface area contributed by atoms with Crippen molar-refractivity contribution in [1.82, 2.24) is 4.90 Å². The Balaban J connectivity index is 1.58. The van der Waals surface area contributed by atoms with Crippen LogP contribution in [0.5, 0.6) is 0 Å². The molecule has 4 rings (SSSR count). The van der Waals surface area contributed by atoms with Crippen molar-refractivity contribution in [1.29, 1.82) is 0 Å². The number of rotatable bonds is 6.